The van der Waals surface area contributed by atoms with E-state index < -0.39 is 37.8 Å². The molecule has 0 aliphatic rings. The number of aromatic hydroxyl groups is 1. The Bertz CT molecular complexity index is 435. The summed E-state index contributed by atoms with van der Waals surface area (Å²) in [5.74, 6) is -3.86. The van der Waals surface area contributed by atoms with Gasteiger partial charge in [0.05, 0.1) is 5.75 Å². The quantitative estimate of drug-likeness (QED) is 0.804. The first kappa shape index (κ1) is 11.2. The summed E-state index contributed by atoms with van der Waals surface area (Å²) in [6.45, 7) is 0. The molecule has 0 spiro atoms. The van der Waals surface area contributed by atoms with Crippen molar-refractivity contribution in [3.63, 3.8) is 0 Å². The van der Waals surface area contributed by atoms with Gasteiger partial charge in [0.25, 0.3) is 0 Å². The first-order valence-corrected chi connectivity index (χ1v) is 5.86. The van der Waals surface area contributed by atoms with E-state index in [1.165, 1.54) is 0 Å². The monoisotopic (exact) mass is 242 g/mol. The number of phenols is 1. The van der Waals surface area contributed by atoms with Crippen LogP contribution in [0.25, 0.3) is 0 Å². The van der Waals surface area contributed by atoms with Crippen LogP contribution < -0.4 is 0 Å². The molecule has 0 bridgehead atoms. The van der Waals surface area contributed by atoms with Crippen molar-refractivity contribution in [3.8, 4) is 5.75 Å². The van der Waals surface area contributed by atoms with E-state index in [0.29, 0.717) is 12.1 Å². The maximum absolute atomic E-state index is 12.9. The van der Waals surface area contributed by atoms with Crippen LogP contribution in [0.4, 0.5) is 8.78 Å². The van der Waals surface area contributed by atoms with Crippen LogP contribution in [0.3, 0.4) is 0 Å². The maximum Gasteiger partial charge on any atom is 0.236 e. The average molecular weight is 243 g/mol. The predicted molar refractivity (Wildman–Crippen MR) is 46.5 cm³/mol. The molecule has 0 saturated heterocycles. The molecule has 0 unspecified atom stereocenters. The molecular weight excluding hydrogens is 238 g/mol. The fraction of sp³-hybridized carbons (Fsp3) is 0.143. The average Bonchev–Trinajstić information content (AvgIpc) is 1.95. The highest BCUT2D eigenvalue weighted by Crippen LogP contribution is 2.22. The molecule has 1 rings (SSSR count). The Morgan fingerprint density at radius 1 is 1.29 bits per heavy atom. The van der Waals surface area contributed by atoms with Gasteiger partial charge in [-0.25, -0.2) is 17.2 Å². The highest BCUT2D eigenvalue weighted by atomic mass is 35.7. The molecule has 7 heteroatoms. The SMILES string of the molecule is O=S(=O)(Cl)Cc1c(F)cc(O)cc1F. The number of phenolic OH excluding ortho intramolecular Hbond substituents is 1. The summed E-state index contributed by atoms with van der Waals surface area (Å²) >= 11 is 0. The van der Waals surface area contributed by atoms with Crippen molar-refractivity contribution in [2.75, 3.05) is 0 Å². The molecule has 3 nitrogen and oxygen atoms in total. The molecular formula is C7H5ClF2O3S. The first-order chi connectivity index (χ1) is 6.29. The summed E-state index contributed by atoms with van der Waals surface area (Å²) < 4.78 is 47.0. The van der Waals surface area contributed by atoms with Gasteiger partial charge in [0.1, 0.15) is 17.4 Å². The first-order valence-electron chi connectivity index (χ1n) is 3.39. The highest BCUT2D eigenvalue weighted by molar-refractivity contribution is 8.13. The summed E-state index contributed by atoms with van der Waals surface area (Å²) in [6, 6.07) is 1.22. The van der Waals surface area contributed by atoms with Gasteiger partial charge in [-0.2, -0.15) is 0 Å². The Hall–Kier alpha value is -0.880. The van der Waals surface area contributed by atoms with E-state index in [4.69, 9.17) is 15.8 Å². The van der Waals surface area contributed by atoms with E-state index >= 15 is 0 Å². The number of hydrogen-bond acceptors (Lipinski definition) is 3. The Balaban J connectivity index is 3.22. The molecule has 0 amide bonds. The summed E-state index contributed by atoms with van der Waals surface area (Å²) in [5.41, 5.74) is -0.683. The lowest BCUT2D eigenvalue weighted by Gasteiger charge is -2.02. The second-order valence-electron chi connectivity index (χ2n) is 2.57. The van der Waals surface area contributed by atoms with E-state index in [2.05, 4.69) is 0 Å². The third-order valence-electron chi connectivity index (χ3n) is 1.44. The van der Waals surface area contributed by atoms with Crippen LogP contribution in [0, 0.1) is 11.6 Å². The zero-order valence-corrected chi connectivity index (χ0v) is 8.24. The maximum atomic E-state index is 12.9. The predicted octanol–water partition coefficient (Wildman–Crippen LogP) is 1.74. The van der Waals surface area contributed by atoms with E-state index in [1.54, 1.807) is 0 Å². The molecule has 14 heavy (non-hydrogen) atoms. The minimum absolute atomic E-state index is 0.612. The Kier molecular flexibility index (Phi) is 2.96. The summed E-state index contributed by atoms with van der Waals surface area (Å²) in [5, 5.41) is 8.75. The topological polar surface area (TPSA) is 54.4 Å². The minimum atomic E-state index is -4.02. The summed E-state index contributed by atoms with van der Waals surface area (Å²) in [6.07, 6.45) is 0. The smallest absolute Gasteiger partial charge is 0.236 e. The lowest BCUT2D eigenvalue weighted by molar-refractivity contribution is 0.457. The number of hydrogen-bond donors (Lipinski definition) is 1. The van der Waals surface area contributed by atoms with E-state index in [-0.39, 0.29) is 0 Å². The van der Waals surface area contributed by atoms with Crippen molar-refractivity contribution in [2.24, 2.45) is 0 Å². The van der Waals surface area contributed by atoms with Gasteiger partial charge in [-0.3, -0.25) is 0 Å². The molecule has 1 aromatic rings. The van der Waals surface area contributed by atoms with Crippen LogP contribution in [0.1, 0.15) is 5.56 Å². The largest absolute Gasteiger partial charge is 0.508 e. The van der Waals surface area contributed by atoms with Gasteiger partial charge < -0.3 is 5.11 Å². The van der Waals surface area contributed by atoms with Crippen molar-refractivity contribution in [1.29, 1.82) is 0 Å². The fourth-order valence-electron chi connectivity index (χ4n) is 0.900. The second kappa shape index (κ2) is 3.70. The van der Waals surface area contributed by atoms with Crippen LogP contribution in [-0.4, -0.2) is 13.5 Å². The molecule has 0 aliphatic heterocycles. The van der Waals surface area contributed by atoms with Gasteiger partial charge in [-0.15, -0.1) is 0 Å². The summed E-state index contributed by atoms with van der Waals surface area (Å²) in [7, 11) is 0.803. The van der Waals surface area contributed by atoms with Gasteiger partial charge in [-0.05, 0) is 0 Å². The zero-order chi connectivity index (χ0) is 10.9. The van der Waals surface area contributed by atoms with Gasteiger partial charge in [0.2, 0.25) is 9.05 Å². The highest BCUT2D eigenvalue weighted by Gasteiger charge is 2.17. The van der Waals surface area contributed by atoms with Gasteiger partial charge in [-0.1, -0.05) is 0 Å². The molecule has 0 heterocycles. The number of rotatable bonds is 2. The molecule has 0 fully saturated rings. The van der Waals surface area contributed by atoms with Crippen LogP contribution in [0.15, 0.2) is 12.1 Å². The lowest BCUT2D eigenvalue weighted by Crippen LogP contribution is -2.01. The van der Waals surface area contributed by atoms with Crippen LogP contribution >= 0.6 is 10.7 Å². The van der Waals surface area contributed by atoms with Crippen LogP contribution in [-0.2, 0) is 14.8 Å². The normalized spacial score (nSPS) is 11.6. The lowest BCUT2D eigenvalue weighted by atomic mass is 10.2. The molecule has 0 atom stereocenters. The molecule has 0 saturated carbocycles. The van der Waals surface area contributed by atoms with Crippen molar-refractivity contribution >= 4 is 19.7 Å². The van der Waals surface area contributed by atoms with Crippen molar-refractivity contribution in [2.45, 2.75) is 5.75 Å². The third kappa shape index (κ3) is 2.81. The fourth-order valence-corrected chi connectivity index (χ4v) is 1.85. The Morgan fingerprint density at radius 2 is 1.71 bits per heavy atom. The molecule has 1 N–H and O–H groups in total. The van der Waals surface area contributed by atoms with Crippen LogP contribution in [0.2, 0.25) is 0 Å². The minimum Gasteiger partial charge on any atom is -0.508 e. The molecule has 0 aromatic heterocycles. The second-order valence-corrected chi connectivity index (χ2v) is 5.35. The summed E-state index contributed by atoms with van der Waals surface area (Å²) in [4.78, 5) is 0. The van der Waals surface area contributed by atoms with Gasteiger partial charge in [0.15, 0.2) is 0 Å². The third-order valence-corrected chi connectivity index (χ3v) is 2.40. The Morgan fingerprint density at radius 3 is 2.07 bits per heavy atom. The van der Waals surface area contributed by atoms with Gasteiger partial charge in [0, 0.05) is 28.4 Å². The van der Waals surface area contributed by atoms with Crippen LogP contribution in [0.5, 0.6) is 5.75 Å². The van der Waals surface area contributed by atoms with Crippen molar-refractivity contribution in [3.05, 3.63) is 29.3 Å². The number of benzene rings is 1. The molecule has 1 aromatic carbocycles. The molecule has 0 aliphatic carbocycles. The number of halogens is 3. The van der Waals surface area contributed by atoms with E-state index in [9.17, 15) is 17.2 Å². The molecule has 0 radical (unpaired) electrons. The molecule has 78 valence electrons. The van der Waals surface area contributed by atoms with Crippen molar-refractivity contribution in [1.82, 2.24) is 0 Å². The van der Waals surface area contributed by atoms with E-state index in [1.807, 2.05) is 0 Å². The zero-order valence-electron chi connectivity index (χ0n) is 6.67. The standard InChI is InChI=1S/C7H5ClF2O3S/c8-14(12,13)3-5-6(9)1-4(11)2-7(5)10/h1-2,11H,3H2. The van der Waals surface area contributed by atoms with E-state index in [0.717, 1.165) is 0 Å². The van der Waals surface area contributed by atoms with Gasteiger partial charge >= 0.3 is 0 Å². The Labute approximate surface area is 83.4 Å². The van der Waals surface area contributed by atoms with Crippen molar-refractivity contribution < 1.29 is 22.3 Å².